The second-order valence-corrected chi connectivity index (χ2v) is 8.42. The second kappa shape index (κ2) is 6.05. The highest BCUT2D eigenvalue weighted by atomic mass is 35.5. The van der Waals surface area contributed by atoms with Crippen LogP contribution >= 0.6 is 22.9 Å². The van der Waals surface area contributed by atoms with Gasteiger partial charge in [0.05, 0.1) is 4.88 Å². The van der Waals surface area contributed by atoms with Crippen LogP contribution in [0.1, 0.15) is 43.4 Å². The van der Waals surface area contributed by atoms with E-state index in [1.165, 1.54) is 56.5 Å². The average molecular weight is 326 g/mol. The molecule has 2 saturated heterocycles. The first-order chi connectivity index (χ1) is 10.3. The van der Waals surface area contributed by atoms with Crippen molar-refractivity contribution in [1.82, 2.24) is 9.88 Å². The number of thiazole rings is 1. The van der Waals surface area contributed by atoms with Gasteiger partial charge >= 0.3 is 0 Å². The van der Waals surface area contributed by atoms with Crippen LogP contribution in [0, 0.1) is 11.8 Å². The first-order valence-corrected chi connectivity index (χ1v) is 9.60. The molecule has 3 heterocycles. The molecule has 1 aromatic heterocycles. The summed E-state index contributed by atoms with van der Waals surface area (Å²) in [4.78, 5) is 10.9. The molecule has 116 valence electrons. The number of piperidine rings is 1. The molecule has 3 aliphatic rings. The number of hydrogen-bond donors (Lipinski definition) is 0. The summed E-state index contributed by atoms with van der Waals surface area (Å²) in [6, 6.07) is 0. The van der Waals surface area contributed by atoms with Gasteiger partial charge in [0, 0.05) is 32.7 Å². The molecule has 21 heavy (non-hydrogen) atoms. The van der Waals surface area contributed by atoms with E-state index in [2.05, 4.69) is 14.8 Å². The van der Waals surface area contributed by atoms with Crippen LogP contribution in [0.3, 0.4) is 0 Å². The predicted molar refractivity (Wildman–Crippen MR) is 89.3 cm³/mol. The molecule has 4 rings (SSSR count). The van der Waals surface area contributed by atoms with Crippen LogP contribution < -0.4 is 4.90 Å². The summed E-state index contributed by atoms with van der Waals surface area (Å²) in [7, 11) is 0. The van der Waals surface area contributed by atoms with Gasteiger partial charge in [-0.15, -0.1) is 0 Å². The fraction of sp³-hybridized carbons (Fsp3) is 0.812. The summed E-state index contributed by atoms with van der Waals surface area (Å²) >= 11 is 8.23. The summed E-state index contributed by atoms with van der Waals surface area (Å²) < 4.78 is 0. The summed E-state index contributed by atoms with van der Waals surface area (Å²) in [6.07, 6.45) is 8.37. The monoisotopic (exact) mass is 325 g/mol. The summed E-state index contributed by atoms with van der Waals surface area (Å²) in [5.41, 5.74) is 0. The second-order valence-electron chi connectivity index (χ2n) is 7.00. The van der Waals surface area contributed by atoms with Crippen LogP contribution in [0.2, 0.25) is 5.15 Å². The minimum atomic E-state index is 0.748. The van der Waals surface area contributed by atoms with Crippen molar-refractivity contribution in [2.45, 2.75) is 45.1 Å². The van der Waals surface area contributed by atoms with Crippen LogP contribution in [-0.2, 0) is 6.54 Å². The number of hydrogen-bond acceptors (Lipinski definition) is 4. The zero-order valence-corrected chi connectivity index (χ0v) is 14.1. The number of rotatable bonds is 3. The van der Waals surface area contributed by atoms with E-state index in [1.54, 1.807) is 0 Å². The van der Waals surface area contributed by atoms with Crippen LogP contribution in [-0.4, -0.2) is 36.1 Å². The summed E-state index contributed by atoms with van der Waals surface area (Å²) in [6.45, 7) is 5.85. The van der Waals surface area contributed by atoms with Crippen molar-refractivity contribution in [3.05, 3.63) is 10.0 Å². The Balaban J connectivity index is 1.44. The molecule has 1 aliphatic carbocycles. The van der Waals surface area contributed by atoms with Gasteiger partial charge in [0.1, 0.15) is 5.15 Å². The Kier molecular flexibility index (Phi) is 4.12. The number of nitrogens with zero attached hydrogens (tertiary/aromatic N) is 3. The maximum absolute atomic E-state index is 6.41. The largest absolute Gasteiger partial charge is 0.348 e. The van der Waals surface area contributed by atoms with E-state index in [-0.39, 0.29) is 0 Å². The minimum Gasteiger partial charge on any atom is -0.348 e. The van der Waals surface area contributed by atoms with Crippen molar-refractivity contribution in [3.63, 3.8) is 0 Å². The van der Waals surface area contributed by atoms with E-state index in [9.17, 15) is 0 Å². The molecule has 3 nitrogen and oxygen atoms in total. The highest BCUT2D eigenvalue weighted by molar-refractivity contribution is 7.16. The first-order valence-electron chi connectivity index (χ1n) is 8.40. The molecule has 3 fully saturated rings. The van der Waals surface area contributed by atoms with Gasteiger partial charge < -0.3 is 4.90 Å². The van der Waals surface area contributed by atoms with Crippen molar-refractivity contribution < 1.29 is 0 Å². The lowest BCUT2D eigenvalue weighted by molar-refractivity contribution is 0.0815. The predicted octanol–water partition coefficient (Wildman–Crippen LogP) is 4.02. The Morgan fingerprint density at radius 3 is 2.52 bits per heavy atom. The van der Waals surface area contributed by atoms with Crippen LogP contribution in [0.15, 0.2) is 0 Å². The molecule has 1 saturated carbocycles. The molecule has 0 amide bonds. The third-order valence-electron chi connectivity index (χ3n) is 5.31. The lowest BCUT2D eigenvalue weighted by Crippen LogP contribution is -2.41. The highest BCUT2D eigenvalue weighted by Crippen LogP contribution is 2.37. The van der Waals surface area contributed by atoms with Gasteiger partial charge in [-0.05, 0) is 43.9 Å². The van der Waals surface area contributed by atoms with E-state index < -0.39 is 0 Å². The van der Waals surface area contributed by atoms with Gasteiger partial charge in [-0.1, -0.05) is 29.4 Å². The van der Waals surface area contributed by atoms with Gasteiger partial charge in [-0.2, -0.15) is 0 Å². The standard InChI is InChI=1S/C16H24ClN3S/c17-15-14(21-16(18-15)20-6-1-2-7-20)11-19-9-12-4-3-5-13(8-12)10-19/h12-13H,1-11H2/t12-,13-/m0/s1. The Hall–Kier alpha value is -0.320. The van der Waals surface area contributed by atoms with Crippen molar-refractivity contribution in [2.24, 2.45) is 11.8 Å². The summed E-state index contributed by atoms with van der Waals surface area (Å²) in [5.74, 6) is 1.87. The molecular formula is C16H24ClN3S. The van der Waals surface area contributed by atoms with Crippen molar-refractivity contribution in [1.29, 1.82) is 0 Å². The minimum absolute atomic E-state index is 0.748. The van der Waals surface area contributed by atoms with E-state index in [4.69, 9.17) is 11.6 Å². The lowest BCUT2D eigenvalue weighted by Gasteiger charge is -2.41. The Morgan fingerprint density at radius 2 is 1.81 bits per heavy atom. The van der Waals surface area contributed by atoms with Gasteiger partial charge in [0.15, 0.2) is 5.13 Å². The molecule has 0 spiro atoms. The fourth-order valence-corrected chi connectivity index (χ4v) is 5.69. The van der Waals surface area contributed by atoms with Crippen molar-refractivity contribution in [3.8, 4) is 0 Å². The number of anilines is 1. The number of aromatic nitrogens is 1. The maximum Gasteiger partial charge on any atom is 0.187 e. The Morgan fingerprint density at radius 1 is 1.10 bits per heavy atom. The quantitative estimate of drug-likeness (QED) is 0.836. The SMILES string of the molecule is Clc1nc(N2CCCC2)sc1CN1C[C@H]2CCC[C@@H](C2)C1. The molecule has 0 aromatic carbocycles. The Labute approximate surface area is 136 Å². The highest BCUT2D eigenvalue weighted by Gasteiger charge is 2.31. The van der Waals surface area contributed by atoms with Crippen LogP contribution in [0.25, 0.3) is 0 Å². The van der Waals surface area contributed by atoms with Crippen molar-refractivity contribution >= 4 is 28.1 Å². The number of halogens is 1. The molecule has 2 atom stereocenters. The zero-order chi connectivity index (χ0) is 14.2. The maximum atomic E-state index is 6.41. The molecule has 0 radical (unpaired) electrons. The van der Waals surface area contributed by atoms with Gasteiger partial charge in [0.2, 0.25) is 0 Å². The fourth-order valence-electron chi connectivity index (χ4n) is 4.33. The number of fused-ring (bicyclic) bond motifs is 2. The molecule has 1 aromatic rings. The van der Waals surface area contributed by atoms with Crippen LogP contribution in [0.5, 0.6) is 0 Å². The topological polar surface area (TPSA) is 19.4 Å². The molecule has 0 N–H and O–H groups in total. The third-order valence-corrected chi connectivity index (χ3v) is 6.83. The molecule has 2 bridgehead atoms. The van der Waals surface area contributed by atoms with E-state index in [1.807, 2.05) is 11.3 Å². The summed E-state index contributed by atoms with van der Waals surface area (Å²) in [5, 5.41) is 1.89. The van der Waals surface area contributed by atoms with Gasteiger partial charge in [0.25, 0.3) is 0 Å². The Bertz CT molecular complexity index is 486. The first kappa shape index (κ1) is 14.3. The van der Waals surface area contributed by atoms with Gasteiger partial charge in [-0.3, -0.25) is 4.90 Å². The number of likely N-dealkylation sites (tertiary alicyclic amines) is 1. The molecule has 0 unspecified atom stereocenters. The average Bonchev–Trinajstić information content (AvgIpc) is 3.09. The van der Waals surface area contributed by atoms with Gasteiger partial charge in [-0.25, -0.2) is 4.98 Å². The smallest absolute Gasteiger partial charge is 0.187 e. The molecule has 5 heteroatoms. The normalized spacial score (nSPS) is 30.0. The van der Waals surface area contributed by atoms with E-state index in [0.29, 0.717) is 0 Å². The third kappa shape index (κ3) is 3.08. The molecular weight excluding hydrogens is 302 g/mol. The van der Waals surface area contributed by atoms with E-state index in [0.717, 1.165) is 41.8 Å². The van der Waals surface area contributed by atoms with E-state index >= 15 is 0 Å². The van der Waals surface area contributed by atoms with Crippen LogP contribution in [0.4, 0.5) is 5.13 Å². The lowest BCUT2D eigenvalue weighted by atomic mass is 9.78. The zero-order valence-electron chi connectivity index (χ0n) is 12.6. The molecule has 2 aliphatic heterocycles. The van der Waals surface area contributed by atoms with Crippen molar-refractivity contribution in [2.75, 3.05) is 31.1 Å².